The summed E-state index contributed by atoms with van der Waals surface area (Å²) in [6.45, 7) is 2.20. The fourth-order valence-corrected chi connectivity index (χ4v) is 2.78. The molecule has 3 rings (SSSR count). The molecule has 1 saturated carbocycles. The molecule has 4 heteroatoms. The molecule has 0 bridgehead atoms. The van der Waals surface area contributed by atoms with E-state index in [1.54, 1.807) is 0 Å². The summed E-state index contributed by atoms with van der Waals surface area (Å²) in [6, 6.07) is 9.97. The van der Waals surface area contributed by atoms with Gasteiger partial charge in [-0.3, -0.25) is 4.79 Å². The first-order valence-corrected chi connectivity index (χ1v) is 7.06. The number of anilines is 1. The van der Waals surface area contributed by atoms with Crippen molar-refractivity contribution < 1.29 is 4.79 Å². The maximum atomic E-state index is 12.3. The van der Waals surface area contributed by atoms with Crippen LogP contribution in [0.2, 0.25) is 0 Å². The van der Waals surface area contributed by atoms with Gasteiger partial charge in [0.2, 0.25) is 0 Å². The van der Waals surface area contributed by atoms with Gasteiger partial charge in [0.15, 0.2) is 0 Å². The van der Waals surface area contributed by atoms with E-state index in [9.17, 15) is 4.79 Å². The third-order valence-corrected chi connectivity index (χ3v) is 3.93. The van der Waals surface area contributed by atoms with Gasteiger partial charge < -0.3 is 10.6 Å². The number of pyridine rings is 1. The van der Waals surface area contributed by atoms with Crippen LogP contribution in [0.3, 0.4) is 0 Å². The molecule has 1 heterocycles. The van der Waals surface area contributed by atoms with Crippen LogP contribution in [0.4, 0.5) is 5.69 Å². The third kappa shape index (κ3) is 2.33. The Morgan fingerprint density at radius 2 is 2.05 bits per heavy atom. The molecule has 1 aliphatic carbocycles. The number of hydrogen-bond acceptors (Lipinski definition) is 3. The molecule has 0 atom stereocenters. The van der Waals surface area contributed by atoms with Crippen LogP contribution in [-0.4, -0.2) is 24.0 Å². The molecule has 0 spiro atoms. The van der Waals surface area contributed by atoms with Gasteiger partial charge in [0.25, 0.3) is 5.91 Å². The molecule has 2 aromatic rings. The van der Waals surface area contributed by atoms with Crippen molar-refractivity contribution in [3.8, 4) is 0 Å². The van der Waals surface area contributed by atoms with E-state index in [1.165, 1.54) is 0 Å². The number of nitrogens with zero attached hydrogens (tertiary/aromatic N) is 1. The normalized spacial score (nSPS) is 21.3. The number of benzene rings is 1. The second-order valence-electron chi connectivity index (χ2n) is 5.57. The van der Waals surface area contributed by atoms with Gasteiger partial charge >= 0.3 is 0 Å². The van der Waals surface area contributed by atoms with Gasteiger partial charge in [-0.25, -0.2) is 4.98 Å². The Kier molecular flexibility index (Phi) is 3.30. The maximum absolute atomic E-state index is 12.3. The molecule has 104 valence electrons. The largest absolute Gasteiger partial charge is 0.388 e. The summed E-state index contributed by atoms with van der Waals surface area (Å²) in [6.07, 6.45) is 2.14. The monoisotopic (exact) mass is 269 g/mol. The zero-order chi connectivity index (χ0) is 14.1. The number of carbonyl (C=O) groups excluding carboxylic acids is 1. The van der Waals surface area contributed by atoms with E-state index in [0.29, 0.717) is 11.7 Å². The Morgan fingerprint density at radius 1 is 1.30 bits per heavy atom. The van der Waals surface area contributed by atoms with E-state index < -0.39 is 0 Å². The van der Waals surface area contributed by atoms with Crippen molar-refractivity contribution in [2.45, 2.75) is 25.8 Å². The van der Waals surface area contributed by atoms with Crippen LogP contribution >= 0.6 is 0 Å². The predicted octanol–water partition coefficient (Wildman–Crippen LogP) is 2.80. The van der Waals surface area contributed by atoms with Crippen LogP contribution < -0.4 is 10.6 Å². The molecule has 1 fully saturated rings. The summed E-state index contributed by atoms with van der Waals surface area (Å²) in [5.41, 5.74) is 2.25. The molecule has 2 N–H and O–H groups in total. The van der Waals surface area contributed by atoms with Gasteiger partial charge in [-0.05, 0) is 30.9 Å². The average Bonchev–Trinajstić information content (AvgIpc) is 2.44. The highest BCUT2D eigenvalue weighted by Gasteiger charge is 2.27. The lowest BCUT2D eigenvalue weighted by atomic mass is 9.82. The van der Waals surface area contributed by atoms with Crippen molar-refractivity contribution in [2.24, 2.45) is 5.92 Å². The van der Waals surface area contributed by atoms with Gasteiger partial charge in [0, 0.05) is 24.2 Å². The van der Waals surface area contributed by atoms with E-state index in [2.05, 4.69) is 22.5 Å². The lowest BCUT2D eigenvalue weighted by molar-refractivity contribution is 0.0891. The molecular formula is C16H19N3O. The summed E-state index contributed by atoms with van der Waals surface area (Å²) in [4.78, 5) is 16.7. The van der Waals surface area contributed by atoms with E-state index >= 15 is 0 Å². The molecule has 0 saturated heterocycles. The van der Waals surface area contributed by atoms with Crippen molar-refractivity contribution in [1.82, 2.24) is 10.3 Å². The van der Waals surface area contributed by atoms with Gasteiger partial charge in [-0.2, -0.15) is 0 Å². The minimum Gasteiger partial charge on any atom is -0.388 e. The SMILES string of the molecule is CNc1cc(C(=O)NC2CC(C)C2)nc2ccccc12. The first-order valence-electron chi connectivity index (χ1n) is 7.06. The fraction of sp³-hybridized carbons (Fsp3) is 0.375. The zero-order valence-corrected chi connectivity index (χ0v) is 11.8. The second-order valence-corrected chi connectivity index (χ2v) is 5.57. The molecule has 4 nitrogen and oxygen atoms in total. The van der Waals surface area contributed by atoms with Gasteiger partial charge in [0.1, 0.15) is 5.69 Å². The number of rotatable bonds is 3. The number of fused-ring (bicyclic) bond motifs is 1. The maximum Gasteiger partial charge on any atom is 0.270 e. The van der Waals surface area contributed by atoms with Gasteiger partial charge in [-0.1, -0.05) is 25.1 Å². The quantitative estimate of drug-likeness (QED) is 0.901. The van der Waals surface area contributed by atoms with Crippen LogP contribution in [-0.2, 0) is 0 Å². The van der Waals surface area contributed by atoms with E-state index in [1.807, 2.05) is 37.4 Å². The summed E-state index contributed by atoms with van der Waals surface area (Å²) in [5, 5.41) is 7.21. The Labute approximate surface area is 118 Å². The average molecular weight is 269 g/mol. The highest BCUT2D eigenvalue weighted by atomic mass is 16.1. The number of aromatic nitrogens is 1. The molecule has 0 radical (unpaired) electrons. The van der Waals surface area contributed by atoms with Crippen molar-refractivity contribution in [1.29, 1.82) is 0 Å². The zero-order valence-electron chi connectivity index (χ0n) is 11.8. The topological polar surface area (TPSA) is 54.0 Å². The molecule has 1 aliphatic rings. The van der Waals surface area contributed by atoms with E-state index in [0.717, 1.165) is 35.3 Å². The Morgan fingerprint density at radius 3 is 2.75 bits per heavy atom. The van der Waals surface area contributed by atoms with Gasteiger partial charge in [-0.15, -0.1) is 0 Å². The van der Waals surface area contributed by atoms with Crippen molar-refractivity contribution >= 4 is 22.5 Å². The number of nitrogens with one attached hydrogen (secondary N) is 2. The lowest BCUT2D eigenvalue weighted by Gasteiger charge is -2.33. The summed E-state index contributed by atoms with van der Waals surface area (Å²) < 4.78 is 0. The number of amides is 1. The van der Waals surface area contributed by atoms with Crippen LogP contribution in [0.15, 0.2) is 30.3 Å². The van der Waals surface area contributed by atoms with E-state index in [-0.39, 0.29) is 5.91 Å². The molecular weight excluding hydrogens is 250 g/mol. The Hall–Kier alpha value is -2.10. The lowest BCUT2D eigenvalue weighted by Crippen LogP contribution is -2.43. The van der Waals surface area contributed by atoms with Crippen LogP contribution in [0.1, 0.15) is 30.3 Å². The number of carbonyl (C=O) groups is 1. The van der Waals surface area contributed by atoms with Crippen molar-refractivity contribution in [2.75, 3.05) is 12.4 Å². The number of para-hydroxylation sites is 1. The second kappa shape index (κ2) is 5.12. The molecule has 0 unspecified atom stereocenters. The molecule has 1 aromatic carbocycles. The van der Waals surface area contributed by atoms with E-state index in [4.69, 9.17) is 0 Å². The minimum absolute atomic E-state index is 0.0795. The molecule has 20 heavy (non-hydrogen) atoms. The minimum atomic E-state index is -0.0795. The van der Waals surface area contributed by atoms with Crippen LogP contribution in [0.25, 0.3) is 10.9 Å². The van der Waals surface area contributed by atoms with Crippen molar-refractivity contribution in [3.63, 3.8) is 0 Å². The molecule has 1 amide bonds. The summed E-state index contributed by atoms with van der Waals surface area (Å²) in [5.74, 6) is 0.641. The first-order chi connectivity index (χ1) is 9.67. The smallest absolute Gasteiger partial charge is 0.270 e. The molecule has 0 aliphatic heterocycles. The Balaban J connectivity index is 1.89. The third-order valence-electron chi connectivity index (χ3n) is 3.93. The highest BCUT2D eigenvalue weighted by Crippen LogP contribution is 2.27. The molecule has 1 aromatic heterocycles. The standard InChI is InChI=1S/C16H19N3O/c1-10-7-11(8-10)18-16(20)15-9-14(17-2)12-5-3-4-6-13(12)19-15/h3-6,9-11H,7-8H2,1-2H3,(H,17,19)(H,18,20). The Bertz CT molecular complexity index is 647. The highest BCUT2D eigenvalue weighted by molar-refractivity contribution is 5.99. The van der Waals surface area contributed by atoms with Crippen LogP contribution in [0.5, 0.6) is 0 Å². The summed E-state index contributed by atoms with van der Waals surface area (Å²) >= 11 is 0. The fourth-order valence-electron chi connectivity index (χ4n) is 2.78. The van der Waals surface area contributed by atoms with Crippen LogP contribution in [0, 0.1) is 5.92 Å². The predicted molar refractivity (Wildman–Crippen MR) is 80.9 cm³/mol. The first kappa shape index (κ1) is 12.9. The summed E-state index contributed by atoms with van der Waals surface area (Å²) in [7, 11) is 1.86. The van der Waals surface area contributed by atoms with Gasteiger partial charge in [0.05, 0.1) is 5.52 Å². The van der Waals surface area contributed by atoms with Crippen molar-refractivity contribution in [3.05, 3.63) is 36.0 Å². The number of hydrogen-bond donors (Lipinski definition) is 2.